The van der Waals surface area contributed by atoms with Crippen LogP contribution in [0.15, 0.2) is 83.8 Å². The highest BCUT2D eigenvalue weighted by molar-refractivity contribution is 7.92. The Morgan fingerprint density at radius 1 is 0.906 bits per heavy atom. The number of hydrogen-bond acceptors (Lipinski definition) is 5. The monoisotopic (exact) mass is 463 g/mol. The fourth-order valence-corrected chi connectivity index (χ4v) is 5.22. The summed E-state index contributed by atoms with van der Waals surface area (Å²) < 4.78 is 28.0. The zero-order chi connectivity index (χ0) is 22.7. The molecule has 0 spiro atoms. The largest absolute Gasteiger partial charge is 0.321 e. The third-order valence-corrected chi connectivity index (χ3v) is 7.40. The molecule has 0 atom stereocenters. The van der Waals surface area contributed by atoms with Crippen LogP contribution >= 0.6 is 11.3 Å². The molecule has 0 saturated heterocycles. The Kier molecular flexibility index (Phi) is 6.07. The van der Waals surface area contributed by atoms with E-state index in [4.69, 9.17) is 0 Å². The van der Waals surface area contributed by atoms with Crippen molar-refractivity contribution in [1.29, 1.82) is 0 Å². The second kappa shape index (κ2) is 8.94. The molecular weight excluding hydrogens is 442 g/mol. The summed E-state index contributed by atoms with van der Waals surface area (Å²) in [4.78, 5) is 18.1. The average molecular weight is 464 g/mol. The number of anilines is 2. The Hall–Kier alpha value is -3.49. The Morgan fingerprint density at radius 2 is 1.56 bits per heavy atom. The van der Waals surface area contributed by atoms with Gasteiger partial charge in [-0.1, -0.05) is 54.6 Å². The van der Waals surface area contributed by atoms with Gasteiger partial charge in [0.15, 0.2) is 0 Å². The van der Waals surface area contributed by atoms with Crippen molar-refractivity contribution in [3.8, 4) is 10.6 Å². The SMILES string of the molecule is Cc1ccc(NC(=O)c2sc(-c3ccccc3)nc2C)cc1NS(=O)(=O)c1ccccc1. The summed E-state index contributed by atoms with van der Waals surface area (Å²) in [6.45, 7) is 3.60. The highest BCUT2D eigenvalue weighted by Gasteiger charge is 2.18. The van der Waals surface area contributed by atoms with E-state index in [9.17, 15) is 13.2 Å². The van der Waals surface area contributed by atoms with Crippen LogP contribution in [0.1, 0.15) is 20.9 Å². The van der Waals surface area contributed by atoms with Crippen LogP contribution in [0.4, 0.5) is 11.4 Å². The summed E-state index contributed by atoms with van der Waals surface area (Å²) in [5, 5.41) is 3.63. The molecule has 0 radical (unpaired) electrons. The number of nitrogens with zero attached hydrogens (tertiary/aromatic N) is 1. The fourth-order valence-electron chi connectivity index (χ4n) is 3.11. The number of thiazole rings is 1. The summed E-state index contributed by atoms with van der Waals surface area (Å²) in [6, 6.07) is 22.9. The van der Waals surface area contributed by atoms with Crippen LogP contribution in [0.25, 0.3) is 10.6 Å². The first kappa shape index (κ1) is 21.7. The molecule has 4 aromatic rings. The lowest BCUT2D eigenvalue weighted by Gasteiger charge is -2.13. The summed E-state index contributed by atoms with van der Waals surface area (Å²) in [5.41, 5.74) is 3.22. The first-order chi connectivity index (χ1) is 15.3. The molecule has 0 aliphatic carbocycles. The van der Waals surface area contributed by atoms with E-state index in [1.165, 1.54) is 23.5 Å². The molecule has 0 bridgehead atoms. The average Bonchev–Trinajstić information content (AvgIpc) is 3.19. The number of aryl methyl sites for hydroxylation is 2. The summed E-state index contributed by atoms with van der Waals surface area (Å²) in [7, 11) is -3.74. The van der Waals surface area contributed by atoms with E-state index >= 15 is 0 Å². The Morgan fingerprint density at radius 3 is 2.25 bits per heavy atom. The van der Waals surface area contributed by atoms with Crippen LogP contribution < -0.4 is 10.0 Å². The van der Waals surface area contributed by atoms with Gasteiger partial charge in [0, 0.05) is 11.3 Å². The molecule has 6 nitrogen and oxygen atoms in total. The maximum absolute atomic E-state index is 12.9. The van der Waals surface area contributed by atoms with E-state index in [0.29, 0.717) is 21.9 Å². The van der Waals surface area contributed by atoms with Gasteiger partial charge in [0.2, 0.25) is 0 Å². The Labute approximate surface area is 191 Å². The van der Waals surface area contributed by atoms with Gasteiger partial charge in [-0.25, -0.2) is 13.4 Å². The molecule has 162 valence electrons. The highest BCUT2D eigenvalue weighted by atomic mass is 32.2. The summed E-state index contributed by atoms with van der Waals surface area (Å²) in [6.07, 6.45) is 0. The fraction of sp³-hybridized carbons (Fsp3) is 0.0833. The van der Waals surface area contributed by atoms with Crippen molar-refractivity contribution in [2.24, 2.45) is 0 Å². The molecule has 1 amide bonds. The molecule has 0 fully saturated rings. The normalized spacial score (nSPS) is 11.2. The quantitative estimate of drug-likeness (QED) is 0.396. The van der Waals surface area contributed by atoms with E-state index < -0.39 is 10.0 Å². The molecular formula is C24H21N3O3S2. The zero-order valence-corrected chi connectivity index (χ0v) is 19.1. The topological polar surface area (TPSA) is 88.2 Å². The van der Waals surface area contributed by atoms with Crippen LogP contribution in [0.3, 0.4) is 0 Å². The van der Waals surface area contributed by atoms with E-state index in [0.717, 1.165) is 16.1 Å². The second-order valence-corrected chi connectivity index (χ2v) is 9.88. The van der Waals surface area contributed by atoms with Crippen LogP contribution in [0, 0.1) is 13.8 Å². The third-order valence-electron chi connectivity index (χ3n) is 4.82. The van der Waals surface area contributed by atoms with Gasteiger partial charge in [0.1, 0.15) is 9.88 Å². The number of aromatic nitrogens is 1. The maximum Gasteiger partial charge on any atom is 0.267 e. The first-order valence-corrected chi connectivity index (χ1v) is 12.2. The molecule has 0 aliphatic rings. The predicted octanol–water partition coefficient (Wildman–Crippen LogP) is 5.48. The molecule has 2 N–H and O–H groups in total. The number of nitrogens with one attached hydrogen (secondary N) is 2. The van der Waals surface area contributed by atoms with Crippen molar-refractivity contribution in [2.45, 2.75) is 18.7 Å². The predicted molar refractivity (Wildman–Crippen MR) is 129 cm³/mol. The van der Waals surface area contributed by atoms with E-state index in [1.807, 2.05) is 30.3 Å². The Bertz CT molecular complexity index is 1370. The molecule has 0 unspecified atom stereocenters. The molecule has 0 saturated carbocycles. The molecule has 1 heterocycles. The van der Waals surface area contributed by atoms with E-state index in [-0.39, 0.29) is 10.8 Å². The minimum atomic E-state index is -3.74. The van der Waals surface area contributed by atoms with Gasteiger partial charge in [0.05, 0.1) is 16.3 Å². The molecule has 3 aromatic carbocycles. The smallest absolute Gasteiger partial charge is 0.267 e. The maximum atomic E-state index is 12.9. The molecule has 0 aliphatic heterocycles. The minimum absolute atomic E-state index is 0.169. The molecule has 8 heteroatoms. The summed E-state index contributed by atoms with van der Waals surface area (Å²) >= 11 is 1.32. The van der Waals surface area contributed by atoms with Gasteiger partial charge in [0.25, 0.3) is 15.9 Å². The lowest BCUT2D eigenvalue weighted by atomic mass is 10.2. The Balaban J connectivity index is 1.56. The zero-order valence-electron chi connectivity index (χ0n) is 17.5. The second-order valence-electron chi connectivity index (χ2n) is 7.20. The third kappa shape index (κ3) is 4.71. The number of carbonyl (C=O) groups is 1. The number of benzene rings is 3. The van der Waals surface area contributed by atoms with Gasteiger partial charge in [-0.2, -0.15) is 0 Å². The van der Waals surface area contributed by atoms with E-state index in [2.05, 4.69) is 15.0 Å². The van der Waals surface area contributed by atoms with Gasteiger partial charge >= 0.3 is 0 Å². The summed E-state index contributed by atoms with van der Waals surface area (Å²) in [5.74, 6) is -0.289. The number of hydrogen-bond donors (Lipinski definition) is 2. The van der Waals surface area contributed by atoms with Crippen molar-refractivity contribution >= 4 is 38.6 Å². The number of amides is 1. The number of sulfonamides is 1. The van der Waals surface area contributed by atoms with Crippen LogP contribution in [-0.4, -0.2) is 19.3 Å². The van der Waals surface area contributed by atoms with E-state index in [1.54, 1.807) is 50.2 Å². The van der Waals surface area contributed by atoms with Crippen LogP contribution in [0.5, 0.6) is 0 Å². The standard InChI is InChI=1S/C24H21N3O3S2/c1-16-13-14-19(15-21(16)27-32(29,30)20-11-7-4-8-12-20)26-23(28)22-17(2)25-24(31-22)18-9-5-3-6-10-18/h3-15,27H,1-2H3,(H,26,28). The van der Waals surface area contributed by atoms with Gasteiger partial charge in [-0.15, -0.1) is 11.3 Å². The van der Waals surface area contributed by atoms with Gasteiger partial charge < -0.3 is 5.32 Å². The molecule has 32 heavy (non-hydrogen) atoms. The lowest BCUT2D eigenvalue weighted by molar-refractivity contribution is 0.103. The number of carbonyl (C=O) groups excluding carboxylic acids is 1. The van der Waals surface area contributed by atoms with Crippen molar-refractivity contribution < 1.29 is 13.2 Å². The number of rotatable bonds is 6. The van der Waals surface area contributed by atoms with Crippen LogP contribution in [0.2, 0.25) is 0 Å². The van der Waals surface area contributed by atoms with Crippen LogP contribution in [-0.2, 0) is 10.0 Å². The molecule has 4 rings (SSSR count). The van der Waals surface area contributed by atoms with Crippen molar-refractivity contribution in [3.05, 3.63) is 95.0 Å². The first-order valence-electron chi connectivity index (χ1n) is 9.86. The van der Waals surface area contributed by atoms with Crippen molar-refractivity contribution in [3.63, 3.8) is 0 Å². The van der Waals surface area contributed by atoms with Gasteiger partial charge in [-0.3, -0.25) is 9.52 Å². The molecule has 1 aromatic heterocycles. The van der Waals surface area contributed by atoms with Crippen molar-refractivity contribution in [1.82, 2.24) is 4.98 Å². The highest BCUT2D eigenvalue weighted by Crippen LogP contribution is 2.29. The van der Waals surface area contributed by atoms with Crippen molar-refractivity contribution in [2.75, 3.05) is 10.0 Å². The van der Waals surface area contributed by atoms with Gasteiger partial charge in [-0.05, 0) is 43.7 Å². The lowest BCUT2D eigenvalue weighted by Crippen LogP contribution is -2.15. The minimum Gasteiger partial charge on any atom is -0.321 e.